The number of nitrogens with one attached hydrogen (secondary N) is 1. The minimum atomic E-state index is -0.0108. The van der Waals surface area contributed by atoms with Crippen LogP contribution < -0.4 is 9.78 Å². The third-order valence-corrected chi connectivity index (χ3v) is 6.42. The molecule has 126 valence electrons. The van der Waals surface area contributed by atoms with E-state index in [0.717, 1.165) is 20.9 Å². The van der Waals surface area contributed by atoms with Gasteiger partial charge in [-0.3, -0.25) is 0 Å². The Hall–Kier alpha value is -2.35. The van der Waals surface area contributed by atoms with Crippen LogP contribution in [0.2, 0.25) is 0 Å². The van der Waals surface area contributed by atoms with Crippen molar-refractivity contribution < 1.29 is 4.79 Å². The molecule has 0 spiro atoms. The van der Waals surface area contributed by atoms with E-state index in [0.29, 0.717) is 0 Å². The first-order valence-corrected chi connectivity index (χ1v) is 10.4. The van der Waals surface area contributed by atoms with Crippen LogP contribution in [-0.2, 0) is 5.32 Å². The van der Waals surface area contributed by atoms with Crippen molar-refractivity contribution >= 4 is 25.3 Å². The second kappa shape index (κ2) is 8.66. The Morgan fingerprint density at radius 3 is 2.20 bits per heavy atom. The molecule has 0 saturated carbocycles. The molecule has 25 heavy (non-hydrogen) atoms. The van der Waals surface area contributed by atoms with Crippen LogP contribution in [0.1, 0.15) is 34.5 Å². The van der Waals surface area contributed by atoms with Crippen molar-refractivity contribution in [2.75, 3.05) is 0 Å². The molecule has 3 rings (SSSR count). The topological polar surface area (TPSA) is 29.1 Å². The van der Waals surface area contributed by atoms with E-state index in [4.69, 9.17) is 0 Å². The van der Waals surface area contributed by atoms with E-state index in [2.05, 4.69) is 35.6 Å². The minimum absolute atomic E-state index is 0.00175. The van der Waals surface area contributed by atoms with Crippen molar-refractivity contribution in [3.05, 3.63) is 102 Å². The molecule has 0 aliphatic rings. The fraction of sp³-hybridized carbons (Fsp3) is 0.136. The molecule has 0 saturated heterocycles. The van der Waals surface area contributed by atoms with Gasteiger partial charge in [-0.05, 0) is 0 Å². The van der Waals surface area contributed by atoms with Crippen LogP contribution in [0, 0.1) is 0 Å². The quantitative estimate of drug-likeness (QED) is 0.635. The first-order valence-electron chi connectivity index (χ1n) is 8.35. The molecule has 0 aliphatic heterocycles. The summed E-state index contributed by atoms with van der Waals surface area (Å²) in [6.45, 7) is 2.02. The summed E-state index contributed by atoms with van der Waals surface area (Å²) < 4.78 is 1.15. The first kappa shape index (κ1) is 17.5. The Morgan fingerprint density at radius 1 is 0.880 bits per heavy atom. The van der Waals surface area contributed by atoms with E-state index in [1.807, 2.05) is 61.5 Å². The summed E-state index contributed by atoms with van der Waals surface area (Å²) in [4.78, 5) is 12.8. The Morgan fingerprint density at radius 2 is 1.48 bits per heavy atom. The number of benzene rings is 3. The predicted octanol–water partition coefficient (Wildman–Crippen LogP) is 3.71. The van der Waals surface area contributed by atoms with Crippen molar-refractivity contribution in [3.63, 3.8) is 0 Å². The van der Waals surface area contributed by atoms with Crippen molar-refractivity contribution in [3.8, 4) is 0 Å². The van der Waals surface area contributed by atoms with E-state index in [-0.39, 0.29) is 26.9 Å². The number of carbonyl (C=O) groups excluding carboxylic acids is 1. The molecule has 0 aliphatic carbocycles. The normalized spacial score (nSPS) is 11.7. The maximum absolute atomic E-state index is 12.8. The summed E-state index contributed by atoms with van der Waals surface area (Å²) >= 11 is 0.227. The van der Waals surface area contributed by atoms with Crippen molar-refractivity contribution in [1.82, 2.24) is 5.32 Å². The molecule has 0 aromatic heterocycles. The summed E-state index contributed by atoms with van der Waals surface area (Å²) in [5.74, 6) is 0.00175. The number of hydrogen-bond acceptors (Lipinski definition) is 1. The van der Waals surface area contributed by atoms with Gasteiger partial charge in [-0.25, -0.2) is 0 Å². The Kier molecular flexibility index (Phi) is 6.05. The van der Waals surface area contributed by atoms with Gasteiger partial charge in [0.1, 0.15) is 0 Å². The third kappa shape index (κ3) is 4.82. The standard InChI is InChI=1S/C22H21NOSe/c1-17(19-12-6-3-7-13-19)23-22(24)20-14-8-9-15-21(20)25-16-18-10-4-2-5-11-18/h2-15,17H,16H2,1H3,(H,23,24). The van der Waals surface area contributed by atoms with Gasteiger partial charge >= 0.3 is 155 Å². The predicted molar refractivity (Wildman–Crippen MR) is 104 cm³/mol. The summed E-state index contributed by atoms with van der Waals surface area (Å²) in [7, 11) is 0. The molecule has 0 fully saturated rings. The molecule has 1 atom stereocenters. The molecule has 1 unspecified atom stereocenters. The molecule has 2 nitrogen and oxygen atoms in total. The second-order valence-electron chi connectivity index (χ2n) is 5.88. The zero-order valence-electron chi connectivity index (χ0n) is 14.2. The third-order valence-electron chi connectivity index (χ3n) is 4.02. The van der Waals surface area contributed by atoms with Crippen LogP contribution in [0.15, 0.2) is 84.9 Å². The van der Waals surface area contributed by atoms with Crippen molar-refractivity contribution in [2.24, 2.45) is 0 Å². The molecule has 3 aromatic rings. The molecule has 3 heteroatoms. The molecule has 1 N–H and O–H groups in total. The van der Waals surface area contributed by atoms with E-state index in [1.165, 1.54) is 5.56 Å². The molecular formula is C22H21NOSe. The number of amides is 1. The zero-order chi connectivity index (χ0) is 17.5. The van der Waals surface area contributed by atoms with Gasteiger partial charge in [0.25, 0.3) is 0 Å². The Bertz CT molecular complexity index is 818. The average Bonchev–Trinajstić information content (AvgIpc) is 2.68. The van der Waals surface area contributed by atoms with Gasteiger partial charge in [0, 0.05) is 0 Å². The van der Waals surface area contributed by atoms with Crippen LogP contribution in [0.3, 0.4) is 0 Å². The van der Waals surface area contributed by atoms with Gasteiger partial charge in [0.2, 0.25) is 0 Å². The van der Waals surface area contributed by atoms with Crippen LogP contribution in [0.4, 0.5) is 0 Å². The van der Waals surface area contributed by atoms with E-state index in [1.54, 1.807) is 0 Å². The van der Waals surface area contributed by atoms with Crippen LogP contribution >= 0.6 is 0 Å². The fourth-order valence-corrected chi connectivity index (χ4v) is 4.72. The molecule has 0 bridgehead atoms. The zero-order valence-corrected chi connectivity index (χ0v) is 15.9. The summed E-state index contributed by atoms with van der Waals surface area (Å²) in [5, 5.41) is 4.11. The van der Waals surface area contributed by atoms with Crippen LogP contribution in [0.5, 0.6) is 0 Å². The molecule has 0 radical (unpaired) electrons. The molecular weight excluding hydrogens is 373 g/mol. The molecule has 0 heterocycles. The monoisotopic (exact) mass is 395 g/mol. The molecule has 3 aromatic carbocycles. The van der Waals surface area contributed by atoms with Crippen LogP contribution in [0.25, 0.3) is 0 Å². The molecule has 1 amide bonds. The van der Waals surface area contributed by atoms with Crippen molar-refractivity contribution in [2.45, 2.75) is 18.3 Å². The number of carbonyl (C=O) groups is 1. The average molecular weight is 394 g/mol. The van der Waals surface area contributed by atoms with E-state index < -0.39 is 0 Å². The van der Waals surface area contributed by atoms with Gasteiger partial charge in [0.15, 0.2) is 0 Å². The Balaban J connectivity index is 1.70. The first-order chi connectivity index (χ1) is 12.2. The SMILES string of the molecule is CC(NC(=O)c1ccccc1[Se]Cc1ccccc1)c1ccccc1. The van der Waals surface area contributed by atoms with Gasteiger partial charge in [-0.2, -0.15) is 0 Å². The van der Waals surface area contributed by atoms with Gasteiger partial charge in [-0.15, -0.1) is 0 Å². The number of hydrogen-bond donors (Lipinski definition) is 1. The second-order valence-corrected chi connectivity index (χ2v) is 8.01. The summed E-state index contributed by atoms with van der Waals surface area (Å²) in [6.07, 6.45) is 0. The van der Waals surface area contributed by atoms with E-state index in [9.17, 15) is 4.79 Å². The Labute approximate surface area is 155 Å². The van der Waals surface area contributed by atoms with Crippen molar-refractivity contribution in [1.29, 1.82) is 0 Å². The fourth-order valence-electron chi connectivity index (χ4n) is 2.61. The number of rotatable bonds is 6. The van der Waals surface area contributed by atoms with Gasteiger partial charge < -0.3 is 0 Å². The van der Waals surface area contributed by atoms with Crippen LogP contribution in [-0.4, -0.2) is 20.9 Å². The van der Waals surface area contributed by atoms with Gasteiger partial charge in [-0.1, -0.05) is 0 Å². The maximum atomic E-state index is 12.8. The van der Waals surface area contributed by atoms with Gasteiger partial charge in [0.05, 0.1) is 0 Å². The summed E-state index contributed by atoms with van der Waals surface area (Å²) in [6, 6.07) is 28.4. The van der Waals surface area contributed by atoms with E-state index >= 15 is 0 Å². The summed E-state index contributed by atoms with van der Waals surface area (Å²) in [5.41, 5.74) is 3.22.